The summed E-state index contributed by atoms with van der Waals surface area (Å²) in [6.07, 6.45) is 7.19. The summed E-state index contributed by atoms with van der Waals surface area (Å²) in [5.74, 6) is 1.39. The van der Waals surface area contributed by atoms with Gasteiger partial charge in [-0.2, -0.15) is 0 Å². The van der Waals surface area contributed by atoms with E-state index in [0.717, 1.165) is 38.2 Å². The van der Waals surface area contributed by atoms with E-state index in [9.17, 15) is 4.79 Å². The van der Waals surface area contributed by atoms with Crippen molar-refractivity contribution < 1.29 is 9.53 Å². The molecule has 0 unspecified atom stereocenters. The molecule has 3 aliphatic rings. The van der Waals surface area contributed by atoms with Crippen LogP contribution in [0.1, 0.15) is 32.3 Å². The summed E-state index contributed by atoms with van der Waals surface area (Å²) < 4.78 is 5.83. The van der Waals surface area contributed by atoms with E-state index in [4.69, 9.17) is 4.74 Å². The molecule has 4 nitrogen and oxygen atoms in total. The second-order valence-corrected chi connectivity index (χ2v) is 7.98. The van der Waals surface area contributed by atoms with Crippen molar-refractivity contribution in [1.29, 1.82) is 0 Å². The van der Waals surface area contributed by atoms with Gasteiger partial charge in [0.2, 0.25) is 5.91 Å². The fourth-order valence-electron chi connectivity index (χ4n) is 4.74. The number of rotatable bonds is 4. The first kappa shape index (κ1) is 16.8. The normalized spacial score (nSPS) is 34.4. The second-order valence-electron chi connectivity index (χ2n) is 7.98. The van der Waals surface area contributed by atoms with Crippen LogP contribution in [0.15, 0.2) is 36.4 Å². The van der Waals surface area contributed by atoms with Crippen LogP contribution in [0.4, 0.5) is 5.69 Å². The molecule has 2 aliphatic carbocycles. The van der Waals surface area contributed by atoms with Gasteiger partial charge in [0.1, 0.15) is 0 Å². The van der Waals surface area contributed by atoms with Crippen LogP contribution in [-0.2, 0) is 16.1 Å². The number of carbonyl (C=O) groups is 1. The molecule has 1 saturated heterocycles. The maximum absolute atomic E-state index is 12.8. The summed E-state index contributed by atoms with van der Waals surface area (Å²) in [6.45, 7) is 6.97. The summed E-state index contributed by atoms with van der Waals surface area (Å²) in [7, 11) is 0. The molecule has 2 fully saturated rings. The third-order valence-corrected chi connectivity index (χ3v) is 5.78. The Labute approximate surface area is 150 Å². The molecule has 4 rings (SSSR count). The minimum Gasteiger partial charge on any atom is -0.373 e. The lowest BCUT2D eigenvalue weighted by molar-refractivity contribution is -0.120. The van der Waals surface area contributed by atoms with Crippen molar-refractivity contribution in [3.8, 4) is 0 Å². The second kappa shape index (κ2) is 6.93. The fraction of sp³-hybridized carbons (Fsp3) is 0.571. The molecule has 4 heteroatoms. The van der Waals surface area contributed by atoms with Crippen molar-refractivity contribution in [2.75, 3.05) is 18.4 Å². The van der Waals surface area contributed by atoms with Crippen LogP contribution in [0, 0.1) is 17.8 Å². The van der Waals surface area contributed by atoms with Crippen LogP contribution in [0.5, 0.6) is 0 Å². The van der Waals surface area contributed by atoms with Crippen LogP contribution < -0.4 is 5.32 Å². The Morgan fingerprint density at radius 3 is 2.60 bits per heavy atom. The highest BCUT2D eigenvalue weighted by atomic mass is 16.5. The lowest BCUT2D eigenvalue weighted by Crippen LogP contribution is -2.44. The van der Waals surface area contributed by atoms with Crippen molar-refractivity contribution in [2.24, 2.45) is 17.8 Å². The maximum atomic E-state index is 12.8. The van der Waals surface area contributed by atoms with Crippen LogP contribution in [0.3, 0.4) is 0 Å². The number of morpholine rings is 1. The van der Waals surface area contributed by atoms with Gasteiger partial charge < -0.3 is 10.1 Å². The number of carbonyl (C=O) groups excluding carboxylic acids is 1. The summed E-state index contributed by atoms with van der Waals surface area (Å²) >= 11 is 0. The molecule has 134 valence electrons. The Hall–Kier alpha value is -1.65. The van der Waals surface area contributed by atoms with Gasteiger partial charge >= 0.3 is 0 Å². The molecule has 1 aliphatic heterocycles. The van der Waals surface area contributed by atoms with Crippen molar-refractivity contribution in [3.05, 3.63) is 42.0 Å². The number of nitrogens with one attached hydrogen (secondary N) is 1. The molecule has 1 amide bonds. The van der Waals surface area contributed by atoms with Crippen molar-refractivity contribution in [1.82, 2.24) is 4.90 Å². The molecule has 1 heterocycles. The highest BCUT2D eigenvalue weighted by Gasteiger charge is 2.39. The number of ether oxygens (including phenoxy) is 1. The number of amides is 1. The lowest BCUT2D eigenvalue weighted by Gasteiger charge is -2.35. The molecule has 1 saturated carbocycles. The van der Waals surface area contributed by atoms with Crippen LogP contribution in [0.2, 0.25) is 0 Å². The number of nitrogens with zero attached hydrogens (tertiary/aromatic N) is 1. The third kappa shape index (κ3) is 3.65. The van der Waals surface area contributed by atoms with E-state index >= 15 is 0 Å². The van der Waals surface area contributed by atoms with E-state index in [-0.39, 0.29) is 24.0 Å². The van der Waals surface area contributed by atoms with E-state index in [0.29, 0.717) is 11.8 Å². The number of hydrogen-bond acceptors (Lipinski definition) is 3. The fourth-order valence-corrected chi connectivity index (χ4v) is 4.74. The quantitative estimate of drug-likeness (QED) is 0.854. The standard InChI is InChI=1S/C21H28N2O2/c1-14-11-23(12-15(2)25-14)13-18-5-3-4-6-20(18)22-21(24)19-10-16-7-8-17(19)9-16/h3-8,14-17,19H,9-13H2,1-2H3,(H,22,24)/t14-,15-,16+,17+,19-/m1/s1. The first-order chi connectivity index (χ1) is 12.1. The molecule has 1 aromatic rings. The molecular weight excluding hydrogens is 312 g/mol. The Morgan fingerprint density at radius 2 is 1.92 bits per heavy atom. The molecule has 2 bridgehead atoms. The van der Waals surface area contributed by atoms with E-state index < -0.39 is 0 Å². The average molecular weight is 340 g/mol. The third-order valence-electron chi connectivity index (χ3n) is 5.78. The Morgan fingerprint density at radius 1 is 1.16 bits per heavy atom. The van der Waals surface area contributed by atoms with Gasteiger partial charge in [-0.3, -0.25) is 9.69 Å². The zero-order chi connectivity index (χ0) is 17.4. The number of hydrogen-bond donors (Lipinski definition) is 1. The Kier molecular flexibility index (Phi) is 4.65. The smallest absolute Gasteiger partial charge is 0.228 e. The molecule has 1 aromatic carbocycles. The molecule has 5 atom stereocenters. The van der Waals surface area contributed by atoms with E-state index in [1.807, 2.05) is 12.1 Å². The summed E-state index contributed by atoms with van der Waals surface area (Å²) in [5.41, 5.74) is 2.15. The zero-order valence-electron chi connectivity index (χ0n) is 15.2. The van der Waals surface area contributed by atoms with Gasteiger partial charge in [0.25, 0.3) is 0 Å². The summed E-state index contributed by atoms with van der Waals surface area (Å²) in [4.78, 5) is 15.2. The van der Waals surface area contributed by atoms with E-state index in [1.165, 1.54) is 5.56 Å². The molecule has 0 radical (unpaired) electrons. The Bertz CT molecular complexity index is 662. The van der Waals surface area contributed by atoms with Gasteiger partial charge in [-0.25, -0.2) is 0 Å². The summed E-state index contributed by atoms with van der Waals surface area (Å²) in [6, 6.07) is 8.22. The largest absolute Gasteiger partial charge is 0.373 e. The summed E-state index contributed by atoms with van der Waals surface area (Å²) in [5, 5.41) is 3.22. The first-order valence-electron chi connectivity index (χ1n) is 9.53. The van der Waals surface area contributed by atoms with E-state index in [1.54, 1.807) is 0 Å². The SMILES string of the molecule is C[C@@H]1CN(Cc2ccccc2NC(=O)[C@@H]2C[C@H]3C=C[C@H]2C3)C[C@@H](C)O1. The topological polar surface area (TPSA) is 41.6 Å². The zero-order valence-corrected chi connectivity index (χ0v) is 15.2. The number of fused-ring (bicyclic) bond motifs is 2. The number of anilines is 1. The van der Waals surface area contributed by atoms with Gasteiger partial charge in [-0.05, 0) is 50.2 Å². The van der Waals surface area contributed by atoms with Crippen molar-refractivity contribution >= 4 is 11.6 Å². The molecule has 0 spiro atoms. The number of benzene rings is 1. The number of para-hydroxylation sites is 1. The minimum absolute atomic E-state index is 0.145. The highest BCUT2D eigenvalue weighted by Crippen LogP contribution is 2.43. The lowest BCUT2D eigenvalue weighted by atomic mass is 9.92. The molecule has 25 heavy (non-hydrogen) atoms. The van der Waals surface area contributed by atoms with Gasteiger partial charge in [0, 0.05) is 31.2 Å². The van der Waals surface area contributed by atoms with Crippen LogP contribution in [-0.4, -0.2) is 36.1 Å². The minimum atomic E-state index is 0.145. The highest BCUT2D eigenvalue weighted by molar-refractivity contribution is 5.94. The average Bonchev–Trinajstić information content (AvgIpc) is 3.19. The van der Waals surface area contributed by atoms with Gasteiger partial charge in [-0.1, -0.05) is 30.4 Å². The van der Waals surface area contributed by atoms with Crippen molar-refractivity contribution in [2.45, 2.75) is 45.4 Å². The van der Waals surface area contributed by atoms with Crippen molar-refractivity contribution in [3.63, 3.8) is 0 Å². The first-order valence-corrected chi connectivity index (χ1v) is 9.53. The molecule has 0 aromatic heterocycles. The van der Waals surface area contributed by atoms with E-state index in [2.05, 4.69) is 48.3 Å². The predicted molar refractivity (Wildman–Crippen MR) is 99.2 cm³/mol. The predicted octanol–water partition coefficient (Wildman–Crippen LogP) is 3.45. The molecular formula is C21H28N2O2. The molecule has 1 N–H and O–H groups in total. The Balaban J connectivity index is 1.44. The van der Waals surface area contributed by atoms with Gasteiger partial charge in [0.05, 0.1) is 12.2 Å². The van der Waals surface area contributed by atoms with Crippen LogP contribution >= 0.6 is 0 Å². The number of allylic oxidation sites excluding steroid dienone is 2. The van der Waals surface area contributed by atoms with Gasteiger partial charge in [0.15, 0.2) is 0 Å². The monoisotopic (exact) mass is 340 g/mol. The maximum Gasteiger partial charge on any atom is 0.228 e. The van der Waals surface area contributed by atoms with Gasteiger partial charge in [-0.15, -0.1) is 0 Å². The van der Waals surface area contributed by atoms with Crippen LogP contribution in [0.25, 0.3) is 0 Å².